The van der Waals surface area contributed by atoms with Crippen molar-refractivity contribution < 1.29 is 8.42 Å². The van der Waals surface area contributed by atoms with E-state index in [1.807, 2.05) is 0 Å². The normalized spacial score (nSPS) is 11.8. The number of nitrogens with two attached hydrogens (primary N) is 1. The van der Waals surface area contributed by atoms with Gasteiger partial charge in [-0.05, 0) is 31.5 Å². The number of aryl methyl sites for hydroxylation is 1. The summed E-state index contributed by atoms with van der Waals surface area (Å²) in [6.45, 7) is 9.70. The molecule has 0 aliphatic heterocycles. The Labute approximate surface area is 119 Å². The van der Waals surface area contributed by atoms with Crippen molar-refractivity contribution >= 4 is 27.3 Å². The van der Waals surface area contributed by atoms with Crippen LogP contribution >= 0.6 is 11.6 Å². The fraction of sp³-hybridized carbons (Fsp3) is 0.385. The van der Waals surface area contributed by atoms with Crippen LogP contribution in [-0.4, -0.2) is 25.8 Å². The number of nitrogen functional groups attached to an aromatic ring is 1. The molecule has 0 aromatic heterocycles. The molecule has 0 heterocycles. The quantitative estimate of drug-likeness (QED) is 0.672. The van der Waals surface area contributed by atoms with Gasteiger partial charge in [0, 0.05) is 13.1 Å². The number of nitrogens with zero attached hydrogens (tertiary/aromatic N) is 1. The Bertz CT molecular complexity index is 597. The van der Waals surface area contributed by atoms with Crippen LogP contribution in [0.1, 0.15) is 19.4 Å². The number of rotatable bonds is 5. The van der Waals surface area contributed by atoms with E-state index in [-0.39, 0.29) is 10.6 Å². The van der Waals surface area contributed by atoms with Crippen molar-refractivity contribution in [2.45, 2.75) is 25.7 Å². The molecule has 0 fully saturated rings. The van der Waals surface area contributed by atoms with Gasteiger partial charge in [0.15, 0.2) is 0 Å². The second kappa shape index (κ2) is 5.94. The second-order valence-corrected chi connectivity index (χ2v) is 6.84. The monoisotopic (exact) mass is 302 g/mol. The van der Waals surface area contributed by atoms with Gasteiger partial charge in [0.2, 0.25) is 10.0 Å². The van der Waals surface area contributed by atoms with Crippen molar-refractivity contribution in [2.24, 2.45) is 0 Å². The smallest absolute Gasteiger partial charge is 0.243 e. The molecule has 1 aromatic carbocycles. The van der Waals surface area contributed by atoms with Crippen molar-refractivity contribution in [1.82, 2.24) is 4.31 Å². The highest BCUT2D eigenvalue weighted by molar-refractivity contribution is 7.89. The van der Waals surface area contributed by atoms with Crippen molar-refractivity contribution in [1.29, 1.82) is 0 Å². The minimum absolute atomic E-state index is 0.192. The zero-order valence-corrected chi connectivity index (χ0v) is 13.0. The van der Waals surface area contributed by atoms with Gasteiger partial charge in [-0.15, -0.1) is 0 Å². The highest BCUT2D eigenvalue weighted by atomic mass is 35.5. The molecule has 0 bridgehead atoms. The van der Waals surface area contributed by atoms with Crippen LogP contribution in [0.15, 0.2) is 29.2 Å². The Hall–Kier alpha value is -1.04. The molecule has 0 atom stereocenters. The molecule has 19 heavy (non-hydrogen) atoms. The lowest BCUT2D eigenvalue weighted by molar-refractivity contribution is 0.452. The molecule has 0 amide bonds. The van der Waals surface area contributed by atoms with Crippen LogP contribution in [0.2, 0.25) is 5.02 Å². The maximum atomic E-state index is 12.6. The minimum Gasteiger partial charge on any atom is -0.397 e. The molecule has 0 saturated heterocycles. The Morgan fingerprint density at radius 3 is 2.53 bits per heavy atom. The highest BCUT2D eigenvalue weighted by Crippen LogP contribution is 2.28. The van der Waals surface area contributed by atoms with Crippen LogP contribution in [0.3, 0.4) is 0 Å². The van der Waals surface area contributed by atoms with Crippen LogP contribution in [0.5, 0.6) is 0 Å². The molecule has 4 nitrogen and oxygen atoms in total. The van der Waals surface area contributed by atoms with Gasteiger partial charge in [-0.1, -0.05) is 30.7 Å². The van der Waals surface area contributed by atoms with E-state index in [4.69, 9.17) is 17.3 Å². The average Bonchev–Trinajstić information content (AvgIpc) is 2.30. The molecule has 0 aliphatic rings. The van der Waals surface area contributed by atoms with Crippen LogP contribution in [-0.2, 0) is 10.0 Å². The van der Waals surface area contributed by atoms with E-state index in [1.165, 1.54) is 10.4 Å². The lowest BCUT2D eigenvalue weighted by Gasteiger charge is -2.22. The second-order valence-electron chi connectivity index (χ2n) is 4.53. The van der Waals surface area contributed by atoms with E-state index in [0.717, 1.165) is 5.57 Å². The van der Waals surface area contributed by atoms with E-state index in [0.29, 0.717) is 23.7 Å². The van der Waals surface area contributed by atoms with Crippen molar-refractivity contribution in [3.8, 4) is 0 Å². The van der Waals surface area contributed by atoms with Gasteiger partial charge in [0.25, 0.3) is 0 Å². The first kappa shape index (κ1) is 16.0. The van der Waals surface area contributed by atoms with Crippen LogP contribution in [0.4, 0.5) is 5.69 Å². The summed E-state index contributed by atoms with van der Waals surface area (Å²) in [6.07, 6.45) is 0. The standard InChI is InChI=1S/C13H19ClN2O2S/c1-5-16(8-9(2)3)19(17,18)13-7-12(15)11(14)6-10(13)4/h6-7H,2,5,8,15H2,1,3-4H3. The number of likely N-dealkylation sites (N-methyl/N-ethyl adjacent to an activating group) is 1. The third kappa shape index (κ3) is 3.49. The van der Waals surface area contributed by atoms with Crippen LogP contribution in [0, 0.1) is 6.92 Å². The summed E-state index contributed by atoms with van der Waals surface area (Å²) in [5.41, 5.74) is 7.32. The third-order valence-corrected chi connectivity index (χ3v) is 5.10. The predicted molar refractivity (Wildman–Crippen MR) is 79.8 cm³/mol. The first-order valence-electron chi connectivity index (χ1n) is 5.90. The van der Waals surface area contributed by atoms with Crippen LogP contribution in [0.25, 0.3) is 0 Å². The van der Waals surface area contributed by atoms with E-state index < -0.39 is 10.0 Å². The molecule has 106 valence electrons. The largest absolute Gasteiger partial charge is 0.397 e. The Morgan fingerprint density at radius 2 is 2.05 bits per heavy atom. The number of hydrogen-bond acceptors (Lipinski definition) is 3. The lowest BCUT2D eigenvalue weighted by Crippen LogP contribution is -2.32. The molecule has 1 aromatic rings. The Kier molecular flexibility index (Phi) is 5.01. The molecule has 0 spiro atoms. The zero-order chi connectivity index (χ0) is 14.8. The van der Waals surface area contributed by atoms with Gasteiger partial charge in [-0.2, -0.15) is 4.31 Å². The fourth-order valence-corrected chi connectivity index (χ4v) is 3.72. The van der Waals surface area contributed by atoms with Crippen molar-refractivity contribution in [3.63, 3.8) is 0 Å². The summed E-state index contributed by atoms with van der Waals surface area (Å²) in [7, 11) is -3.58. The van der Waals surface area contributed by atoms with E-state index in [1.54, 1.807) is 26.8 Å². The molecule has 0 unspecified atom stereocenters. The number of benzene rings is 1. The SMILES string of the molecule is C=C(C)CN(CC)S(=O)(=O)c1cc(N)c(Cl)cc1C. The Morgan fingerprint density at radius 1 is 1.47 bits per heavy atom. The summed E-state index contributed by atoms with van der Waals surface area (Å²) < 4.78 is 26.5. The number of halogens is 1. The summed E-state index contributed by atoms with van der Waals surface area (Å²) in [5.74, 6) is 0. The van der Waals surface area contributed by atoms with Crippen molar-refractivity contribution in [2.75, 3.05) is 18.8 Å². The maximum absolute atomic E-state index is 12.6. The first-order chi connectivity index (χ1) is 8.70. The summed E-state index contributed by atoms with van der Waals surface area (Å²) >= 11 is 5.89. The molecular formula is C13H19ClN2O2S. The molecule has 0 aliphatic carbocycles. The summed E-state index contributed by atoms with van der Waals surface area (Å²) in [5, 5.41) is 0.361. The fourth-order valence-electron chi connectivity index (χ4n) is 1.75. The molecule has 1 rings (SSSR count). The van der Waals surface area contributed by atoms with E-state index in [2.05, 4.69) is 6.58 Å². The average molecular weight is 303 g/mol. The van der Waals surface area contributed by atoms with Gasteiger partial charge < -0.3 is 5.73 Å². The van der Waals surface area contributed by atoms with Gasteiger partial charge in [-0.3, -0.25) is 0 Å². The van der Waals surface area contributed by atoms with E-state index >= 15 is 0 Å². The predicted octanol–water partition coefficient (Wildman–Crippen LogP) is 2.82. The van der Waals surface area contributed by atoms with Crippen molar-refractivity contribution in [3.05, 3.63) is 34.9 Å². The molecule has 2 N–H and O–H groups in total. The molecule has 6 heteroatoms. The van der Waals surface area contributed by atoms with Gasteiger partial charge in [0.1, 0.15) is 0 Å². The van der Waals surface area contributed by atoms with Gasteiger partial charge in [0.05, 0.1) is 15.6 Å². The summed E-state index contributed by atoms with van der Waals surface area (Å²) in [4.78, 5) is 0.192. The van der Waals surface area contributed by atoms with Gasteiger partial charge >= 0.3 is 0 Å². The minimum atomic E-state index is -3.58. The van der Waals surface area contributed by atoms with Gasteiger partial charge in [-0.25, -0.2) is 8.42 Å². The first-order valence-corrected chi connectivity index (χ1v) is 7.72. The zero-order valence-electron chi connectivity index (χ0n) is 11.4. The Balaban J connectivity index is 3.33. The molecule has 0 saturated carbocycles. The number of anilines is 1. The number of hydrogen-bond donors (Lipinski definition) is 1. The maximum Gasteiger partial charge on any atom is 0.243 e. The number of sulfonamides is 1. The highest BCUT2D eigenvalue weighted by Gasteiger charge is 2.25. The summed E-state index contributed by atoms with van der Waals surface area (Å²) in [6, 6.07) is 2.98. The lowest BCUT2D eigenvalue weighted by atomic mass is 10.2. The third-order valence-electron chi connectivity index (χ3n) is 2.71. The topological polar surface area (TPSA) is 63.4 Å². The molecule has 0 radical (unpaired) electrons. The van der Waals surface area contributed by atoms with E-state index in [9.17, 15) is 8.42 Å². The van der Waals surface area contributed by atoms with Crippen LogP contribution < -0.4 is 5.73 Å². The molecular weight excluding hydrogens is 284 g/mol.